The summed E-state index contributed by atoms with van der Waals surface area (Å²) in [4.78, 5) is 4.87. The van der Waals surface area contributed by atoms with Crippen LogP contribution in [0.25, 0.3) is 72.4 Å². The molecule has 1 unspecified atom stereocenters. The Labute approximate surface area is 385 Å². The molecule has 61 heavy (non-hydrogen) atoms. The molecular formula is C55H42N4OPt-2. The number of aromatic nitrogens is 4. The second-order valence-electron chi connectivity index (χ2n) is 14.8. The van der Waals surface area contributed by atoms with E-state index in [-0.39, 0.29) is 49.0 Å². The Bertz CT molecular complexity index is 3580. The van der Waals surface area contributed by atoms with Crippen molar-refractivity contribution in [2.45, 2.75) is 26.7 Å². The van der Waals surface area contributed by atoms with Gasteiger partial charge in [-0.3, -0.25) is 4.57 Å². The monoisotopic (exact) mass is 979 g/mol. The SMILES string of the molecule is [2H]c1c([2H])c([2H])c(-c2cccc(-c3c([2H])c([2H])c([2H])c([2H])c3[2H])c2-[n+]2[c-]n(-c3[c-]c(Oc4[c-]c5c(cc4)c4cc(-c6ccccc6)ccc4n5-c4cc(C(C)C(C)C)ccn4)ccc3)cc2)c([2H])c1[2H].[Pt]. The molecule has 3 aromatic heterocycles. The standard InChI is InChI=1S/C55H42N4O.Pt/c1-38(2)39(3)43-29-30-56-54(34-43)59-52-28-25-44(40-15-7-4-8-16-40)33-51(52)50-27-26-47(36-53(50)59)60-46-22-13-21-45(35-46)57-31-32-58(37-57)55-48(41-17-9-5-10-18-41)23-14-24-49(55)42-19-11-6-12-20-42;/h4-34,38-39H,1-3H3;/q-2;/i5D,6D,9D,10D,11D,12D,17D,18D,19D,20D;. The molecule has 0 saturated carbocycles. The fraction of sp³-hybridized carbons (Fsp3) is 0.0909. The minimum Gasteiger partial charge on any atom is -0.510 e. The van der Waals surface area contributed by atoms with Crippen molar-refractivity contribution in [2.75, 3.05) is 0 Å². The number of rotatable bonds is 10. The van der Waals surface area contributed by atoms with Crippen LogP contribution in [0, 0.1) is 24.4 Å². The number of para-hydroxylation sites is 1. The van der Waals surface area contributed by atoms with E-state index in [2.05, 4.69) is 86.3 Å². The maximum atomic E-state index is 8.87. The van der Waals surface area contributed by atoms with Gasteiger partial charge in [0.05, 0.1) is 19.4 Å². The predicted octanol–water partition coefficient (Wildman–Crippen LogP) is 13.2. The summed E-state index contributed by atoms with van der Waals surface area (Å²) in [6, 6.07) is 36.5. The molecule has 10 rings (SSSR count). The van der Waals surface area contributed by atoms with Gasteiger partial charge < -0.3 is 13.9 Å². The van der Waals surface area contributed by atoms with E-state index in [1.807, 2.05) is 36.5 Å². The molecule has 0 aliphatic heterocycles. The van der Waals surface area contributed by atoms with Crippen molar-refractivity contribution in [3.8, 4) is 62.1 Å². The van der Waals surface area contributed by atoms with Crippen molar-refractivity contribution in [3.05, 3.63) is 212 Å². The van der Waals surface area contributed by atoms with E-state index in [0.717, 1.165) is 38.8 Å². The molecule has 0 saturated heterocycles. The van der Waals surface area contributed by atoms with Crippen molar-refractivity contribution in [1.82, 2.24) is 14.1 Å². The Morgan fingerprint density at radius 1 is 0.656 bits per heavy atom. The van der Waals surface area contributed by atoms with E-state index in [1.165, 1.54) is 10.1 Å². The van der Waals surface area contributed by atoms with Crippen LogP contribution in [-0.4, -0.2) is 14.1 Å². The maximum absolute atomic E-state index is 8.87. The van der Waals surface area contributed by atoms with E-state index in [1.54, 1.807) is 53.4 Å². The van der Waals surface area contributed by atoms with E-state index in [4.69, 9.17) is 23.4 Å². The quantitative estimate of drug-likeness (QED) is 0.101. The van der Waals surface area contributed by atoms with Gasteiger partial charge in [-0.15, -0.1) is 29.7 Å². The van der Waals surface area contributed by atoms with Crippen LogP contribution in [0.1, 0.15) is 46.0 Å². The molecule has 0 spiro atoms. The normalized spacial score (nSPS) is 14.1. The van der Waals surface area contributed by atoms with Crippen molar-refractivity contribution < 1.29 is 44.1 Å². The second kappa shape index (κ2) is 17.0. The molecule has 0 amide bonds. The van der Waals surface area contributed by atoms with Crippen molar-refractivity contribution in [3.63, 3.8) is 0 Å². The van der Waals surface area contributed by atoms with E-state index in [9.17, 15) is 0 Å². The fourth-order valence-electron chi connectivity index (χ4n) is 7.56. The molecule has 0 N–H and O–H groups in total. The molecule has 1 atom stereocenters. The topological polar surface area (TPSA) is 35.9 Å². The number of ether oxygens (including phenoxy) is 1. The minimum absolute atomic E-state index is 0. The van der Waals surface area contributed by atoms with Crippen molar-refractivity contribution in [1.29, 1.82) is 0 Å². The Morgan fingerprint density at radius 2 is 1.36 bits per heavy atom. The van der Waals surface area contributed by atoms with Crippen LogP contribution in [0.15, 0.2) is 188 Å². The van der Waals surface area contributed by atoms with Crippen molar-refractivity contribution in [2.24, 2.45) is 5.92 Å². The number of hydrogen-bond acceptors (Lipinski definition) is 2. The zero-order valence-electron chi connectivity index (χ0n) is 43.3. The summed E-state index contributed by atoms with van der Waals surface area (Å²) in [6.45, 7) is 6.65. The van der Waals surface area contributed by atoms with Gasteiger partial charge >= 0.3 is 0 Å². The van der Waals surface area contributed by atoms with Gasteiger partial charge in [0, 0.05) is 56.7 Å². The molecule has 3 heterocycles. The Morgan fingerprint density at radius 3 is 2.08 bits per heavy atom. The summed E-state index contributed by atoms with van der Waals surface area (Å²) in [5.41, 5.74) is 5.81. The van der Waals surface area contributed by atoms with Crippen LogP contribution in [0.3, 0.4) is 0 Å². The first-order valence-corrected chi connectivity index (χ1v) is 19.7. The zero-order valence-corrected chi connectivity index (χ0v) is 35.6. The number of fused-ring (bicyclic) bond motifs is 3. The van der Waals surface area contributed by atoms with Gasteiger partial charge in [-0.25, -0.2) is 4.98 Å². The van der Waals surface area contributed by atoms with E-state index in [0.29, 0.717) is 29.0 Å². The van der Waals surface area contributed by atoms with E-state index >= 15 is 0 Å². The number of benzene rings is 7. The first-order chi connectivity index (χ1) is 33.6. The molecule has 0 fully saturated rings. The van der Waals surface area contributed by atoms with Crippen LogP contribution in [0.4, 0.5) is 0 Å². The van der Waals surface area contributed by atoms with Crippen molar-refractivity contribution >= 4 is 21.8 Å². The zero-order chi connectivity index (χ0) is 49.3. The molecule has 300 valence electrons. The van der Waals surface area contributed by atoms with Gasteiger partial charge in [-0.1, -0.05) is 147 Å². The number of hydrogen-bond donors (Lipinski definition) is 0. The first-order valence-electron chi connectivity index (χ1n) is 24.7. The number of nitrogens with zero attached hydrogens (tertiary/aromatic N) is 4. The van der Waals surface area contributed by atoms with Crippen LogP contribution in [0.5, 0.6) is 11.5 Å². The predicted molar refractivity (Wildman–Crippen MR) is 242 cm³/mol. The molecule has 7 aromatic carbocycles. The number of imidazole rings is 1. The molecule has 5 nitrogen and oxygen atoms in total. The first kappa shape index (κ1) is 29.4. The molecule has 10 aromatic rings. The summed E-state index contributed by atoms with van der Waals surface area (Å²) >= 11 is 0. The summed E-state index contributed by atoms with van der Waals surface area (Å²) in [7, 11) is 0. The maximum Gasteiger partial charge on any atom is 0.267 e. The molecule has 0 bridgehead atoms. The summed E-state index contributed by atoms with van der Waals surface area (Å²) in [5, 5.41) is 2.01. The average Bonchev–Trinajstić information content (AvgIpc) is 3.99. The Balaban J connectivity index is 0.00000624. The van der Waals surface area contributed by atoms with Gasteiger partial charge in [-0.2, -0.15) is 18.2 Å². The fourth-order valence-corrected chi connectivity index (χ4v) is 7.56. The molecule has 6 heteroatoms. The van der Waals surface area contributed by atoms with Crippen LogP contribution >= 0.6 is 0 Å². The number of pyridine rings is 1. The summed E-state index contributed by atoms with van der Waals surface area (Å²) in [6.07, 6.45) is 8.38. The largest absolute Gasteiger partial charge is 0.510 e. The van der Waals surface area contributed by atoms with Gasteiger partial charge in [0.25, 0.3) is 6.33 Å². The molecular weight excluding hydrogens is 928 g/mol. The van der Waals surface area contributed by atoms with Gasteiger partial charge in [0.15, 0.2) is 0 Å². The molecule has 0 aliphatic rings. The van der Waals surface area contributed by atoms with Crippen LogP contribution in [0.2, 0.25) is 0 Å². The van der Waals surface area contributed by atoms with Gasteiger partial charge in [-0.05, 0) is 80.1 Å². The van der Waals surface area contributed by atoms with Gasteiger partial charge in [0.1, 0.15) is 5.82 Å². The molecule has 0 radical (unpaired) electrons. The van der Waals surface area contributed by atoms with E-state index < -0.39 is 60.4 Å². The summed E-state index contributed by atoms with van der Waals surface area (Å²) in [5.74, 6) is 2.29. The smallest absolute Gasteiger partial charge is 0.267 e. The second-order valence-corrected chi connectivity index (χ2v) is 14.8. The molecule has 0 aliphatic carbocycles. The van der Waals surface area contributed by atoms with Gasteiger partial charge in [0.2, 0.25) is 0 Å². The average molecular weight is 980 g/mol. The minimum atomic E-state index is -0.569. The Hall–Kier alpha value is -6.81. The van der Waals surface area contributed by atoms with Crippen LogP contribution in [-0.2, 0) is 21.1 Å². The summed E-state index contributed by atoms with van der Waals surface area (Å²) < 4.78 is 97.5. The van der Waals surface area contributed by atoms with Crippen LogP contribution < -0.4 is 9.30 Å². The third-order valence-electron chi connectivity index (χ3n) is 10.9. The Kier molecular flexibility index (Phi) is 8.22. The third-order valence-corrected chi connectivity index (χ3v) is 10.9. The third kappa shape index (κ3) is 7.74.